The predicted octanol–water partition coefficient (Wildman–Crippen LogP) is 0.0538. The molecule has 0 amide bonds. The number of carbonyl (C=O) groups is 2. The van der Waals surface area contributed by atoms with E-state index in [-0.39, 0.29) is 0 Å². The zero-order valence-electron chi connectivity index (χ0n) is 7.10. The Morgan fingerprint density at radius 3 is 1.25 bits per heavy atom. The van der Waals surface area contributed by atoms with Gasteiger partial charge < -0.3 is 0 Å². The van der Waals surface area contributed by atoms with Crippen LogP contribution in [0.25, 0.3) is 0 Å². The first kappa shape index (κ1) is 11.6. The van der Waals surface area contributed by atoms with Crippen molar-refractivity contribution in [1.29, 1.82) is 0 Å². The molecule has 16 heavy (non-hydrogen) atoms. The van der Waals surface area contributed by atoms with Crippen molar-refractivity contribution in [3.8, 4) is 0 Å². The average molecular weight is 234 g/mol. The Hall–Kier alpha value is -2.52. The molecular formula is C6F2N2O6. The molecule has 0 aromatic carbocycles. The van der Waals surface area contributed by atoms with E-state index in [1.54, 1.807) is 0 Å². The van der Waals surface area contributed by atoms with Crippen molar-refractivity contribution < 1.29 is 28.2 Å². The molecule has 84 valence electrons. The number of ketones is 2. The maximum Gasteiger partial charge on any atom is 0.400 e. The van der Waals surface area contributed by atoms with Gasteiger partial charge in [0.2, 0.25) is 11.7 Å². The number of halogens is 2. The van der Waals surface area contributed by atoms with Gasteiger partial charge in [-0.05, 0) is 0 Å². The quantitative estimate of drug-likeness (QED) is 0.378. The standard InChI is InChI=1S/C6F2N2O6/c7-1-2(8)6(12)4(10(15)16)3(5(1)11)9(13)14. The third kappa shape index (κ3) is 1.45. The molecule has 0 saturated carbocycles. The van der Waals surface area contributed by atoms with Crippen LogP contribution < -0.4 is 0 Å². The molecule has 0 aromatic heterocycles. The van der Waals surface area contributed by atoms with E-state index in [4.69, 9.17) is 0 Å². The minimum atomic E-state index is -2.30. The number of rotatable bonds is 2. The van der Waals surface area contributed by atoms with Gasteiger partial charge in [-0.1, -0.05) is 0 Å². The van der Waals surface area contributed by atoms with Crippen LogP contribution in [0.4, 0.5) is 8.78 Å². The Bertz CT molecular complexity index is 461. The van der Waals surface area contributed by atoms with Gasteiger partial charge >= 0.3 is 23.0 Å². The molecule has 0 radical (unpaired) electrons. The predicted molar refractivity (Wildman–Crippen MR) is 40.3 cm³/mol. The van der Waals surface area contributed by atoms with Crippen molar-refractivity contribution in [2.75, 3.05) is 0 Å². The van der Waals surface area contributed by atoms with Gasteiger partial charge in [-0.3, -0.25) is 29.8 Å². The number of hydrogen-bond acceptors (Lipinski definition) is 6. The van der Waals surface area contributed by atoms with Crippen LogP contribution in [-0.4, -0.2) is 21.4 Å². The van der Waals surface area contributed by atoms with Crippen LogP contribution >= 0.6 is 0 Å². The molecule has 0 heterocycles. The van der Waals surface area contributed by atoms with E-state index in [1.165, 1.54) is 0 Å². The van der Waals surface area contributed by atoms with Gasteiger partial charge in [0.1, 0.15) is 0 Å². The molecular weight excluding hydrogens is 234 g/mol. The van der Waals surface area contributed by atoms with Crippen LogP contribution in [0.3, 0.4) is 0 Å². The zero-order valence-corrected chi connectivity index (χ0v) is 7.10. The monoisotopic (exact) mass is 234 g/mol. The fourth-order valence-electron chi connectivity index (χ4n) is 0.961. The third-order valence-electron chi connectivity index (χ3n) is 1.61. The Morgan fingerprint density at radius 1 is 0.812 bits per heavy atom. The number of allylic oxidation sites excluding steroid dienone is 2. The summed E-state index contributed by atoms with van der Waals surface area (Å²) >= 11 is 0. The highest BCUT2D eigenvalue weighted by atomic mass is 19.2. The third-order valence-corrected chi connectivity index (χ3v) is 1.61. The zero-order chi connectivity index (χ0) is 12.6. The summed E-state index contributed by atoms with van der Waals surface area (Å²) in [7, 11) is 0. The smallest absolute Gasteiger partial charge is 0.278 e. The van der Waals surface area contributed by atoms with E-state index in [0.717, 1.165) is 0 Å². The topological polar surface area (TPSA) is 120 Å². The van der Waals surface area contributed by atoms with Crippen molar-refractivity contribution >= 4 is 11.6 Å². The van der Waals surface area contributed by atoms with Crippen LogP contribution in [0, 0.1) is 20.2 Å². The Kier molecular flexibility index (Phi) is 2.57. The first-order valence-electron chi connectivity index (χ1n) is 3.46. The lowest BCUT2D eigenvalue weighted by molar-refractivity contribution is -0.462. The van der Waals surface area contributed by atoms with E-state index < -0.39 is 44.5 Å². The average Bonchev–Trinajstić information content (AvgIpc) is 2.18. The number of nitro groups is 2. The molecule has 8 nitrogen and oxygen atoms in total. The van der Waals surface area contributed by atoms with Gasteiger partial charge in [-0.25, -0.2) is 0 Å². The molecule has 1 aliphatic rings. The SMILES string of the molecule is O=C1C(F)=C(F)C(=O)C([N+](=O)[O-])=C1[N+](=O)[O-]. The van der Waals surface area contributed by atoms with E-state index in [0.29, 0.717) is 0 Å². The lowest BCUT2D eigenvalue weighted by Crippen LogP contribution is -2.28. The van der Waals surface area contributed by atoms with Crippen molar-refractivity contribution in [2.45, 2.75) is 0 Å². The summed E-state index contributed by atoms with van der Waals surface area (Å²) < 4.78 is 25.3. The number of nitrogens with zero attached hydrogens (tertiary/aromatic N) is 2. The Labute approximate surface area is 84.1 Å². The summed E-state index contributed by atoms with van der Waals surface area (Å²) in [5.41, 5.74) is -3.76. The summed E-state index contributed by atoms with van der Waals surface area (Å²) in [6.07, 6.45) is 0. The Balaban J connectivity index is 3.58. The highest BCUT2D eigenvalue weighted by Crippen LogP contribution is 2.26. The second-order valence-corrected chi connectivity index (χ2v) is 2.50. The second kappa shape index (κ2) is 3.56. The van der Waals surface area contributed by atoms with E-state index in [1.807, 2.05) is 0 Å². The maximum absolute atomic E-state index is 12.6. The van der Waals surface area contributed by atoms with Crippen molar-refractivity contribution in [3.63, 3.8) is 0 Å². The van der Waals surface area contributed by atoms with Crippen molar-refractivity contribution in [3.05, 3.63) is 43.3 Å². The van der Waals surface area contributed by atoms with Gasteiger partial charge in [0.15, 0.2) is 0 Å². The van der Waals surface area contributed by atoms with Crippen molar-refractivity contribution in [1.82, 2.24) is 0 Å². The molecule has 0 fully saturated rings. The van der Waals surface area contributed by atoms with Gasteiger partial charge in [-0.2, -0.15) is 8.78 Å². The molecule has 0 unspecified atom stereocenters. The molecule has 0 aliphatic heterocycles. The van der Waals surface area contributed by atoms with E-state index in [2.05, 4.69) is 0 Å². The lowest BCUT2D eigenvalue weighted by atomic mass is 10.0. The molecule has 1 rings (SSSR count). The molecule has 10 heteroatoms. The molecule has 0 aromatic rings. The van der Waals surface area contributed by atoms with Gasteiger partial charge in [0.05, 0.1) is 9.85 Å². The maximum atomic E-state index is 12.6. The Morgan fingerprint density at radius 2 is 1.06 bits per heavy atom. The molecule has 0 atom stereocenters. The fraction of sp³-hybridized carbons (Fsp3) is 0. The van der Waals surface area contributed by atoms with Crippen LogP contribution in [0.5, 0.6) is 0 Å². The summed E-state index contributed by atoms with van der Waals surface area (Å²) in [6.45, 7) is 0. The number of carbonyl (C=O) groups excluding carboxylic acids is 2. The summed E-state index contributed by atoms with van der Waals surface area (Å²) in [5, 5.41) is 20.5. The van der Waals surface area contributed by atoms with E-state index in [9.17, 15) is 38.6 Å². The molecule has 0 spiro atoms. The largest absolute Gasteiger partial charge is 0.400 e. The van der Waals surface area contributed by atoms with Gasteiger partial charge in [0.25, 0.3) is 0 Å². The normalized spacial score (nSPS) is 16.9. The molecule has 1 aliphatic carbocycles. The van der Waals surface area contributed by atoms with E-state index >= 15 is 0 Å². The molecule has 0 saturated heterocycles. The van der Waals surface area contributed by atoms with Gasteiger partial charge in [0, 0.05) is 0 Å². The first-order chi connectivity index (χ1) is 7.29. The minimum absolute atomic E-state index is 1.61. The lowest BCUT2D eigenvalue weighted by Gasteiger charge is -2.04. The van der Waals surface area contributed by atoms with Crippen LogP contribution in [0.2, 0.25) is 0 Å². The highest BCUT2D eigenvalue weighted by Gasteiger charge is 2.50. The molecule has 0 bridgehead atoms. The van der Waals surface area contributed by atoms with Crippen molar-refractivity contribution in [2.24, 2.45) is 0 Å². The summed E-state index contributed by atoms with van der Waals surface area (Å²) in [4.78, 5) is 38.9. The summed E-state index contributed by atoms with van der Waals surface area (Å²) in [6, 6.07) is 0. The van der Waals surface area contributed by atoms with Crippen LogP contribution in [0.1, 0.15) is 0 Å². The van der Waals surface area contributed by atoms with Crippen LogP contribution in [-0.2, 0) is 9.59 Å². The second-order valence-electron chi connectivity index (χ2n) is 2.50. The van der Waals surface area contributed by atoms with Gasteiger partial charge in [-0.15, -0.1) is 0 Å². The summed E-state index contributed by atoms with van der Waals surface area (Å²) in [5.74, 6) is -8.87. The number of hydrogen-bond donors (Lipinski definition) is 0. The minimum Gasteiger partial charge on any atom is -0.278 e. The molecule has 0 N–H and O–H groups in total. The highest BCUT2D eigenvalue weighted by molar-refractivity contribution is 6.21. The van der Waals surface area contributed by atoms with Crippen LogP contribution in [0.15, 0.2) is 23.0 Å². The number of Topliss-reactive ketones (excluding diaryl/α,β-unsaturated/α-hetero) is 2. The first-order valence-corrected chi connectivity index (χ1v) is 3.46. The fourth-order valence-corrected chi connectivity index (χ4v) is 0.961.